The van der Waals surface area contributed by atoms with Crippen LogP contribution in [0.15, 0.2) is 49.3 Å². The monoisotopic (exact) mass is 438 g/mol. The van der Waals surface area contributed by atoms with Gasteiger partial charge in [0.2, 0.25) is 0 Å². The van der Waals surface area contributed by atoms with Crippen LogP contribution in [0.2, 0.25) is 0 Å². The molecule has 1 fully saturated rings. The van der Waals surface area contributed by atoms with Crippen molar-refractivity contribution >= 4 is 12.3 Å². The normalized spacial score (nSPS) is 17.1. The molecule has 0 aliphatic carbocycles. The lowest BCUT2D eigenvalue weighted by Crippen LogP contribution is -2.60. The summed E-state index contributed by atoms with van der Waals surface area (Å²) in [5, 5.41) is 24.6. The Balaban J connectivity index is 0.000000913. The number of phenolic OH excluding ortho intramolecular Hbond substituents is 1. The zero-order chi connectivity index (χ0) is 23.4. The molecule has 3 heterocycles. The van der Waals surface area contributed by atoms with Crippen LogP contribution in [-0.2, 0) is 4.79 Å². The lowest BCUT2D eigenvalue weighted by Gasteiger charge is -2.46. The van der Waals surface area contributed by atoms with E-state index in [4.69, 9.17) is 9.90 Å². The molecule has 0 radical (unpaired) electrons. The number of aromatic hydroxyl groups is 1. The van der Waals surface area contributed by atoms with Crippen molar-refractivity contribution in [2.24, 2.45) is 0 Å². The molecule has 1 aromatic carbocycles. The molecule has 0 amide bonds. The van der Waals surface area contributed by atoms with E-state index in [1.165, 1.54) is 0 Å². The minimum Gasteiger partial charge on any atom is -0.507 e. The topological polar surface area (TPSA) is 125 Å². The molecule has 4 rings (SSSR count). The maximum absolute atomic E-state index is 10.5. The molecule has 2 aromatic heterocycles. The average Bonchev–Trinajstić information content (AvgIpc) is 3.22. The van der Waals surface area contributed by atoms with Gasteiger partial charge in [0, 0.05) is 41.1 Å². The van der Waals surface area contributed by atoms with Gasteiger partial charge in [-0.15, -0.1) is 0 Å². The number of nitrogens with one attached hydrogen (secondary N) is 2. The highest BCUT2D eigenvalue weighted by atomic mass is 16.3. The van der Waals surface area contributed by atoms with E-state index in [0.717, 1.165) is 24.3 Å². The summed E-state index contributed by atoms with van der Waals surface area (Å²) in [6, 6.07) is 5.79. The number of imidazole rings is 1. The van der Waals surface area contributed by atoms with Gasteiger partial charge in [-0.3, -0.25) is 9.78 Å². The van der Waals surface area contributed by atoms with Crippen molar-refractivity contribution < 1.29 is 15.0 Å². The van der Waals surface area contributed by atoms with Gasteiger partial charge in [0.05, 0.1) is 30.1 Å². The molecule has 9 nitrogen and oxygen atoms in total. The number of nitrogens with zero attached hydrogens (tertiary/aromatic N) is 4. The summed E-state index contributed by atoms with van der Waals surface area (Å²) in [6.45, 7) is 8.67. The van der Waals surface area contributed by atoms with Gasteiger partial charge in [-0.1, -0.05) is 0 Å². The Bertz CT molecular complexity index is 1020. The number of piperidine rings is 1. The third-order valence-corrected chi connectivity index (χ3v) is 5.25. The van der Waals surface area contributed by atoms with Crippen molar-refractivity contribution in [3.63, 3.8) is 0 Å². The van der Waals surface area contributed by atoms with Gasteiger partial charge in [-0.25, -0.2) is 9.97 Å². The number of rotatable bonds is 4. The van der Waals surface area contributed by atoms with E-state index in [2.05, 4.69) is 53.3 Å². The van der Waals surface area contributed by atoms with Gasteiger partial charge in [0.15, 0.2) is 0 Å². The summed E-state index contributed by atoms with van der Waals surface area (Å²) in [7, 11) is 0. The predicted octanol–water partition coefficient (Wildman–Crippen LogP) is 3.46. The van der Waals surface area contributed by atoms with E-state index < -0.39 is 0 Å². The lowest BCUT2D eigenvalue weighted by molar-refractivity contribution is -0.122. The summed E-state index contributed by atoms with van der Waals surface area (Å²) in [4.78, 5) is 21.5. The molecule has 32 heavy (non-hydrogen) atoms. The molecule has 0 spiro atoms. The van der Waals surface area contributed by atoms with Crippen LogP contribution < -0.4 is 10.6 Å². The Morgan fingerprint density at radius 1 is 1.16 bits per heavy atom. The molecular formula is C23H30N6O3. The number of carboxylic acid groups (broad SMARTS) is 1. The van der Waals surface area contributed by atoms with Crippen LogP contribution in [0.25, 0.3) is 16.9 Å². The van der Waals surface area contributed by atoms with E-state index in [-0.39, 0.29) is 23.3 Å². The van der Waals surface area contributed by atoms with Crippen molar-refractivity contribution in [3.8, 4) is 22.7 Å². The van der Waals surface area contributed by atoms with Crippen molar-refractivity contribution in [1.29, 1.82) is 0 Å². The number of hydrogen-bond acceptors (Lipinski definition) is 7. The maximum atomic E-state index is 10.5. The Kier molecular flexibility index (Phi) is 6.78. The van der Waals surface area contributed by atoms with Crippen molar-refractivity contribution in [3.05, 3.63) is 49.3 Å². The second kappa shape index (κ2) is 9.35. The lowest BCUT2D eigenvalue weighted by atomic mass is 9.79. The fourth-order valence-corrected chi connectivity index (χ4v) is 4.48. The van der Waals surface area contributed by atoms with Crippen LogP contribution >= 0.6 is 0 Å². The first kappa shape index (κ1) is 23.2. The Morgan fingerprint density at radius 2 is 1.84 bits per heavy atom. The van der Waals surface area contributed by atoms with Crippen LogP contribution in [-0.4, -0.2) is 53.3 Å². The quantitative estimate of drug-likeness (QED) is 0.457. The van der Waals surface area contributed by atoms with Gasteiger partial charge >= 0.3 is 0 Å². The first-order chi connectivity index (χ1) is 15.1. The van der Waals surface area contributed by atoms with E-state index in [1.54, 1.807) is 31.0 Å². The number of benzene rings is 1. The zero-order valence-electron chi connectivity index (χ0n) is 18.8. The molecule has 3 aromatic rings. The minimum absolute atomic E-state index is 0.0650. The molecule has 0 unspecified atom stereocenters. The second-order valence-electron chi connectivity index (χ2n) is 9.21. The van der Waals surface area contributed by atoms with Gasteiger partial charge in [-0.05, 0) is 52.7 Å². The van der Waals surface area contributed by atoms with Crippen LogP contribution in [0.5, 0.6) is 5.75 Å². The van der Waals surface area contributed by atoms with E-state index in [1.807, 2.05) is 22.9 Å². The molecule has 1 aliphatic heterocycles. The zero-order valence-corrected chi connectivity index (χ0v) is 18.8. The van der Waals surface area contributed by atoms with Gasteiger partial charge in [-0.2, -0.15) is 0 Å². The standard InChI is InChI=1S/C22H28N6O.CH2O2/c1-21(2)10-15(11-22(3,4)27-21)26-20-13-24-18(12-25-20)17-6-5-16(9-19(17)29)28-8-7-23-14-28;2-1-3/h5-9,12-15,27,29H,10-11H2,1-4H3,(H,25,26);1H,(H,2,3). The van der Waals surface area contributed by atoms with Crippen LogP contribution in [0.1, 0.15) is 40.5 Å². The molecule has 1 saturated heterocycles. The maximum Gasteiger partial charge on any atom is 0.290 e. The molecule has 0 saturated carbocycles. The third-order valence-electron chi connectivity index (χ3n) is 5.25. The highest BCUT2D eigenvalue weighted by Gasteiger charge is 2.37. The van der Waals surface area contributed by atoms with Gasteiger partial charge in [0.1, 0.15) is 11.6 Å². The van der Waals surface area contributed by atoms with Crippen molar-refractivity contribution in [2.45, 2.75) is 57.7 Å². The molecular weight excluding hydrogens is 408 g/mol. The van der Waals surface area contributed by atoms with E-state index in [0.29, 0.717) is 17.3 Å². The molecule has 1 aliphatic rings. The first-order valence-corrected chi connectivity index (χ1v) is 10.4. The molecule has 0 bridgehead atoms. The smallest absolute Gasteiger partial charge is 0.290 e. The number of anilines is 1. The summed E-state index contributed by atoms with van der Waals surface area (Å²) >= 11 is 0. The van der Waals surface area contributed by atoms with Crippen LogP contribution in [0, 0.1) is 0 Å². The summed E-state index contributed by atoms with van der Waals surface area (Å²) < 4.78 is 1.84. The summed E-state index contributed by atoms with van der Waals surface area (Å²) in [5.41, 5.74) is 2.25. The minimum atomic E-state index is -0.250. The van der Waals surface area contributed by atoms with Crippen molar-refractivity contribution in [1.82, 2.24) is 24.8 Å². The van der Waals surface area contributed by atoms with Crippen LogP contribution in [0.3, 0.4) is 0 Å². The van der Waals surface area contributed by atoms with Crippen molar-refractivity contribution in [2.75, 3.05) is 5.32 Å². The van der Waals surface area contributed by atoms with Gasteiger partial charge < -0.3 is 25.4 Å². The highest BCUT2D eigenvalue weighted by Crippen LogP contribution is 2.32. The van der Waals surface area contributed by atoms with Crippen LogP contribution in [0.4, 0.5) is 5.82 Å². The fraction of sp³-hybridized carbons (Fsp3) is 0.391. The second-order valence-corrected chi connectivity index (χ2v) is 9.21. The highest BCUT2D eigenvalue weighted by molar-refractivity contribution is 5.68. The number of hydrogen-bond donors (Lipinski definition) is 4. The SMILES string of the molecule is CC1(C)CC(Nc2cnc(-c3ccc(-n4ccnc4)cc3O)cn2)CC(C)(C)N1.O=CO. The first-order valence-electron chi connectivity index (χ1n) is 10.4. The third kappa shape index (κ3) is 5.82. The number of aromatic nitrogens is 4. The fourth-order valence-electron chi connectivity index (χ4n) is 4.48. The Hall–Kier alpha value is -3.46. The number of phenols is 1. The average molecular weight is 439 g/mol. The molecule has 170 valence electrons. The van der Waals surface area contributed by atoms with E-state index >= 15 is 0 Å². The number of carbonyl (C=O) groups is 1. The predicted molar refractivity (Wildman–Crippen MR) is 123 cm³/mol. The summed E-state index contributed by atoms with van der Waals surface area (Å²) in [5.74, 6) is 0.912. The largest absolute Gasteiger partial charge is 0.507 e. The summed E-state index contributed by atoms with van der Waals surface area (Å²) in [6.07, 6.45) is 10.7. The molecule has 0 atom stereocenters. The van der Waals surface area contributed by atoms with E-state index in [9.17, 15) is 5.11 Å². The Labute approximate surface area is 187 Å². The Morgan fingerprint density at radius 3 is 2.38 bits per heavy atom. The molecule has 9 heteroatoms. The molecule has 4 N–H and O–H groups in total. The van der Waals surface area contributed by atoms with Gasteiger partial charge in [0.25, 0.3) is 6.47 Å².